The molecule has 134 valence electrons. The summed E-state index contributed by atoms with van der Waals surface area (Å²) in [5.74, 6) is 0.618. The van der Waals surface area contributed by atoms with Crippen molar-refractivity contribution >= 4 is 17.7 Å². The van der Waals surface area contributed by atoms with Crippen molar-refractivity contribution in [1.82, 2.24) is 4.98 Å². The third kappa shape index (κ3) is 6.78. The molecule has 1 aromatic heterocycles. The Morgan fingerprint density at radius 1 is 1.16 bits per heavy atom. The fourth-order valence-corrected chi connectivity index (χ4v) is 3.04. The Morgan fingerprint density at radius 3 is 2.60 bits per heavy atom. The summed E-state index contributed by atoms with van der Waals surface area (Å²) < 4.78 is 10.6. The third-order valence-electron chi connectivity index (χ3n) is 3.33. The number of benzene rings is 1. The van der Waals surface area contributed by atoms with E-state index in [9.17, 15) is 4.79 Å². The van der Waals surface area contributed by atoms with Crippen LogP contribution >= 0.6 is 11.8 Å². The van der Waals surface area contributed by atoms with Crippen molar-refractivity contribution in [2.24, 2.45) is 0 Å². The van der Waals surface area contributed by atoms with E-state index in [1.807, 2.05) is 49.4 Å². The normalized spacial score (nSPS) is 10.7. The number of carbonyl (C=O) groups excluding carboxylic acids is 1. The highest BCUT2D eigenvalue weighted by Crippen LogP contribution is 2.25. The molecule has 4 nitrogen and oxygen atoms in total. The molecule has 0 saturated carbocycles. The molecule has 2 aromatic rings. The van der Waals surface area contributed by atoms with E-state index in [-0.39, 0.29) is 5.97 Å². The monoisotopic (exact) mass is 359 g/mol. The SMILES string of the molecule is CCOC(=O)CCCOc1ccc(-c2cccc(SC(C)C)n2)cc1. The average molecular weight is 359 g/mol. The van der Waals surface area contributed by atoms with Gasteiger partial charge in [-0.25, -0.2) is 4.98 Å². The number of aromatic nitrogens is 1. The fraction of sp³-hybridized carbons (Fsp3) is 0.400. The van der Waals surface area contributed by atoms with Crippen LogP contribution in [0.5, 0.6) is 5.75 Å². The van der Waals surface area contributed by atoms with Crippen LogP contribution in [0.2, 0.25) is 0 Å². The average Bonchev–Trinajstić information content (AvgIpc) is 2.59. The highest BCUT2D eigenvalue weighted by molar-refractivity contribution is 7.99. The quantitative estimate of drug-likeness (QED) is 0.359. The smallest absolute Gasteiger partial charge is 0.305 e. The van der Waals surface area contributed by atoms with Gasteiger partial charge < -0.3 is 9.47 Å². The molecule has 0 radical (unpaired) electrons. The Hall–Kier alpha value is -2.01. The minimum absolute atomic E-state index is 0.174. The fourth-order valence-electron chi connectivity index (χ4n) is 2.24. The van der Waals surface area contributed by atoms with Crippen molar-refractivity contribution in [3.63, 3.8) is 0 Å². The molecule has 1 heterocycles. The largest absolute Gasteiger partial charge is 0.494 e. The van der Waals surface area contributed by atoms with Crippen molar-refractivity contribution in [2.75, 3.05) is 13.2 Å². The maximum Gasteiger partial charge on any atom is 0.305 e. The van der Waals surface area contributed by atoms with Crippen LogP contribution < -0.4 is 4.74 Å². The van der Waals surface area contributed by atoms with Gasteiger partial charge in [-0.1, -0.05) is 19.9 Å². The van der Waals surface area contributed by atoms with Crippen molar-refractivity contribution in [2.45, 2.75) is 43.9 Å². The molecule has 0 bridgehead atoms. The van der Waals surface area contributed by atoms with E-state index in [4.69, 9.17) is 14.5 Å². The minimum atomic E-state index is -0.174. The van der Waals surface area contributed by atoms with E-state index >= 15 is 0 Å². The number of hydrogen-bond acceptors (Lipinski definition) is 5. The summed E-state index contributed by atoms with van der Waals surface area (Å²) in [7, 11) is 0. The molecule has 2 rings (SSSR count). The molecule has 0 aliphatic heterocycles. The predicted molar refractivity (Wildman–Crippen MR) is 102 cm³/mol. The van der Waals surface area contributed by atoms with Crippen molar-refractivity contribution < 1.29 is 14.3 Å². The second-order valence-electron chi connectivity index (χ2n) is 5.81. The van der Waals surface area contributed by atoms with Gasteiger partial charge in [0.15, 0.2) is 0 Å². The maximum absolute atomic E-state index is 11.3. The lowest BCUT2D eigenvalue weighted by Gasteiger charge is -2.08. The van der Waals surface area contributed by atoms with Crippen molar-refractivity contribution in [3.8, 4) is 17.0 Å². The third-order valence-corrected chi connectivity index (χ3v) is 4.27. The van der Waals surface area contributed by atoms with Crippen molar-refractivity contribution in [3.05, 3.63) is 42.5 Å². The molecule has 0 fully saturated rings. The van der Waals surface area contributed by atoms with Gasteiger partial charge in [-0.3, -0.25) is 4.79 Å². The number of thioether (sulfide) groups is 1. The predicted octanol–water partition coefficient (Wildman–Crippen LogP) is 4.97. The zero-order chi connectivity index (χ0) is 18.1. The lowest BCUT2D eigenvalue weighted by atomic mass is 10.1. The van der Waals surface area contributed by atoms with E-state index in [0.717, 1.165) is 22.0 Å². The van der Waals surface area contributed by atoms with Crippen LogP contribution in [-0.2, 0) is 9.53 Å². The molecule has 0 N–H and O–H groups in total. The molecule has 0 amide bonds. The molecule has 0 aliphatic carbocycles. The van der Waals surface area contributed by atoms with Crippen LogP contribution in [0, 0.1) is 0 Å². The first-order valence-corrected chi connectivity index (χ1v) is 9.49. The van der Waals surface area contributed by atoms with Crippen LogP contribution in [0.3, 0.4) is 0 Å². The topological polar surface area (TPSA) is 48.4 Å². The van der Waals surface area contributed by atoms with E-state index in [0.29, 0.717) is 31.3 Å². The molecular weight excluding hydrogens is 334 g/mol. The first-order valence-electron chi connectivity index (χ1n) is 8.61. The van der Waals surface area contributed by atoms with Gasteiger partial charge in [-0.05, 0) is 49.7 Å². The highest BCUT2D eigenvalue weighted by Gasteiger charge is 2.05. The van der Waals surface area contributed by atoms with Crippen LogP contribution in [-0.4, -0.2) is 29.4 Å². The lowest BCUT2D eigenvalue weighted by Crippen LogP contribution is -2.06. The van der Waals surface area contributed by atoms with Gasteiger partial charge in [0.25, 0.3) is 0 Å². The van der Waals surface area contributed by atoms with Gasteiger partial charge in [0.1, 0.15) is 5.75 Å². The Bertz CT molecular complexity index is 671. The van der Waals surface area contributed by atoms with Crippen molar-refractivity contribution in [1.29, 1.82) is 0 Å². The van der Waals surface area contributed by atoms with E-state index < -0.39 is 0 Å². The summed E-state index contributed by atoms with van der Waals surface area (Å²) in [5.41, 5.74) is 2.02. The second-order valence-corrected chi connectivity index (χ2v) is 7.41. The Morgan fingerprint density at radius 2 is 1.92 bits per heavy atom. The molecule has 0 unspecified atom stereocenters. The van der Waals surface area contributed by atoms with Crippen LogP contribution in [0.15, 0.2) is 47.5 Å². The van der Waals surface area contributed by atoms with E-state index in [1.54, 1.807) is 11.8 Å². The molecule has 5 heteroatoms. The Balaban J connectivity index is 1.88. The van der Waals surface area contributed by atoms with Gasteiger partial charge in [0.05, 0.1) is 23.9 Å². The number of carbonyl (C=O) groups is 1. The van der Waals surface area contributed by atoms with E-state index in [2.05, 4.69) is 13.8 Å². The Labute approximate surface area is 154 Å². The summed E-state index contributed by atoms with van der Waals surface area (Å²) in [5, 5.41) is 1.54. The second kappa shape index (κ2) is 10.1. The van der Waals surface area contributed by atoms with Gasteiger partial charge in [0, 0.05) is 17.2 Å². The number of pyridine rings is 1. The molecular formula is C20H25NO3S. The molecule has 25 heavy (non-hydrogen) atoms. The summed E-state index contributed by atoms with van der Waals surface area (Å²) in [6.45, 7) is 7.05. The molecule has 0 spiro atoms. The van der Waals surface area contributed by atoms with E-state index in [1.165, 1.54) is 0 Å². The van der Waals surface area contributed by atoms with Gasteiger partial charge >= 0.3 is 5.97 Å². The molecule has 0 aliphatic rings. The number of rotatable bonds is 9. The van der Waals surface area contributed by atoms with Crippen LogP contribution in [0.25, 0.3) is 11.3 Å². The van der Waals surface area contributed by atoms with Gasteiger partial charge in [-0.15, -0.1) is 11.8 Å². The summed E-state index contributed by atoms with van der Waals surface area (Å²) in [6.07, 6.45) is 1.03. The molecule has 1 aromatic carbocycles. The van der Waals surface area contributed by atoms with Crippen LogP contribution in [0.1, 0.15) is 33.6 Å². The minimum Gasteiger partial charge on any atom is -0.494 e. The number of ether oxygens (including phenoxy) is 2. The first-order chi connectivity index (χ1) is 12.1. The standard InChI is InChI=1S/C20H25NO3S/c1-4-23-20(22)9-6-14-24-17-12-10-16(11-13-17)18-7-5-8-19(21-18)25-15(2)3/h5,7-8,10-13,15H,4,6,9,14H2,1-3H3. The summed E-state index contributed by atoms with van der Waals surface area (Å²) in [6, 6.07) is 14.0. The maximum atomic E-state index is 11.3. The zero-order valence-electron chi connectivity index (χ0n) is 15.0. The summed E-state index contributed by atoms with van der Waals surface area (Å²) in [4.78, 5) is 16.0. The number of nitrogens with zero attached hydrogens (tertiary/aromatic N) is 1. The lowest BCUT2D eigenvalue weighted by molar-refractivity contribution is -0.143. The first kappa shape index (κ1) is 19.3. The molecule has 0 saturated heterocycles. The highest BCUT2D eigenvalue weighted by atomic mass is 32.2. The number of esters is 1. The van der Waals surface area contributed by atoms with Crippen LogP contribution in [0.4, 0.5) is 0 Å². The summed E-state index contributed by atoms with van der Waals surface area (Å²) >= 11 is 1.76. The zero-order valence-corrected chi connectivity index (χ0v) is 15.8. The van der Waals surface area contributed by atoms with Gasteiger partial charge in [-0.2, -0.15) is 0 Å². The van der Waals surface area contributed by atoms with Gasteiger partial charge in [0.2, 0.25) is 0 Å². The number of hydrogen-bond donors (Lipinski definition) is 0. The molecule has 0 atom stereocenters. The Kier molecular flexibility index (Phi) is 7.79.